The Morgan fingerprint density at radius 1 is 1.33 bits per heavy atom. The average molecular weight is 282 g/mol. The average Bonchev–Trinajstić information content (AvgIpc) is 2.77. The van der Waals surface area contributed by atoms with Crippen LogP contribution < -0.4 is 10.6 Å². The standard InChI is InChI=1S/C17H18N2O2/c1-10-7-13(9-14(16(10)18)17(20)21)19-11(2)8-12-5-3-4-6-15(12)19/h3-7,9,11H,8,18H2,1-2H3,(H,20,21). The van der Waals surface area contributed by atoms with Gasteiger partial charge in [-0.25, -0.2) is 4.79 Å². The third-order valence-corrected chi connectivity index (χ3v) is 4.09. The minimum Gasteiger partial charge on any atom is -0.478 e. The van der Waals surface area contributed by atoms with E-state index >= 15 is 0 Å². The lowest BCUT2D eigenvalue weighted by Crippen LogP contribution is -2.24. The maximum atomic E-state index is 11.4. The summed E-state index contributed by atoms with van der Waals surface area (Å²) < 4.78 is 0. The third kappa shape index (κ3) is 2.13. The van der Waals surface area contributed by atoms with Gasteiger partial charge in [0, 0.05) is 23.1 Å². The molecular weight excluding hydrogens is 264 g/mol. The van der Waals surface area contributed by atoms with E-state index in [4.69, 9.17) is 5.73 Å². The van der Waals surface area contributed by atoms with Crippen molar-refractivity contribution in [2.45, 2.75) is 26.3 Å². The maximum absolute atomic E-state index is 11.4. The molecule has 1 atom stereocenters. The van der Waals surface area contributed by atoms with Crippen LogP contribution in [0.5, 0.6) is 0 Å². The first-order valence-electron chi connectivity index (χ1n) is 6.99. The first-order valence-corrected chi connectivity index (χ1v) is 6.99. The van der Waals surface area contributed by atoms with Crippen molar-refractivity contribution in [1.82, 2.24) is 0 Å². The van der Waals surface area contributed by atoms with Gasteiger partial charge in [-0.15, -0.1) is 0 Å². The van der Waals surface area contributed by atoms with Crippen molar-refractivity contribution in [1.29, 1.82) is 0 Å². The molecule has 0 spiro atoms. The Bertz CT molecular complexity index is 725. The van der Waals surface area contributed by atoms with Crippen LogP contribution in [0, 0.1) is 6.92 Å². The summed E-state index contributed by atoms with van der Waals surface area (Å²) >= 11 is 0. The molecule has 3 N–H and O–H groups in total. The van der Waals surface area contributed by atoms with Crippen molar-refractivity contribution >= 4 is 23.0 Å². The van der Waals surface area contributed by atoms with Gasteiger partial charge in [0.1, 0.15) is 0 Å². The number of nitrogen functional groups attached to an aromatic ring is 1. The molecule has 108 valence electrons. The summed E-state index contributed by atoms with van der Waals surface area (Å²) in [7, 11) is 0. The number of benzene rings is 2. The molecule has 4 nitrogen and oxygen atoms in total. The Kier molecular flexibility index (Phi) is 3.09. The van der Waals surface area contributed by atoms with Gasteiger partial charge in [0.25, 0.3) is 0 Å². The summed E-state index contributed by atoms with van der Waals surface area (Å²) in [5, 5.41) is 9.32. The maximum Gasteiger partial charge on any atom is 0.337 e. The smallest absolute Gasteiger partial charge is 0.337 e. The van der Waals surface area contributed by atoms with Gasteiger partial charge in [-0.2, -0.15) is 0 Å². The number of carboxylic acid groups (broad SMARTS) is 1. The highest BCUT2D eigenvalue weighted by atomic mass is 16.4. The topological polar surface area (TPSA) is 66.6 Å². The summed E-state index contributed by atoms with van der Waals surface area (Å²) in [6.45, 7) is 3.99. The van der Waals surface area contributed by atoms with Crippen LogP contribution in [0.2, 0.25) is 0 Å². The van der Waals surface area contributed by atoms with E-state index in [1.807, 2.05) is 25.1 Å². The van der Waals surface area contributed by atoms with Gasteiger partial charge in [-0.1, -0.05) is 18.2 Å². The molecule has 1 heterocycles. The second kappa shape index (κ2) is 4.81. The zero-order valence-corrected chi connectivity index (χ0v) is 12.1. The Labute approximate surface area is 123 Å². The number of rotatable bonds is 2. The molecule has 4 heteroatoms. The van der Waals surface area contributed by atoms with Crippen molar-refractivity contribution in [3.05, 3.63) is 53.1 Å². The van der Waals surface area contributed by atoms with Gasteiger partial charge in [0.2, 0.25) is 0 Å². The number of carbonyl (C=O) groups is 1. The van der Waals surface area contributed by atoms with Crippen molar-refractivity contribution in [2.24, 2.45) is 0 Å². The van der Waals surface area contributed by atoms with E-state index in [0.717, 1.165) is 23.4 Å². The number of carboxylic acids is 1. The SMILES string of the molecule is Cc1cc(N2c3ccccc3CC2C)cc(C(=O)O)c1N. The zero-order chi connectivity index (χ0) is 15.1. The highest BCUT2D eigenvalue weighted by Gasteiger charge is 2.28. The van der Waals surface area contributed by atoms with Crippen LogP contribution in [-0.4, -0.2) is 17.1 Å². The van der Waals surface area contributed by atoms with E-state index < -0.39 is 5.97 Å². The van der Waals surface area contributed by atoms with Gasteiger partial charge in [0.05, 0.1) is 5.56 Å². The normalized spacial score (nSPS) is 16.9. The number of hydrogen-bond acceptors (Lipinski definition) is 3. The van der Waals surface area contributed by atoms with Crippen LogP contribution in [-0.2, 0) is 6.42 Å². The van der Waals surface area contributed by atoms with E-state index in [2.05, 4.69) is 24.0 Å². The fourth-order valence-electron chi connectivity index (χ4n) is 3.05. The second-order valence-corrected chi connectivity index (χ2v) is 5.58. The molecule has 2 aromatic carbocycles. The highest BCUT2D eigenvalue weighted by molar-refractivity contribution is 5.96. The van der Waals surface area contributed by atoms with E-state index in [1.165, 1.54) is 5.56 Å². The predicted octanol–water partition coefficient (Wildman–Crippen LogP) is 3.36. The van der Waals surface area contributed by atoms with Gasteiger partial charge >= 0.3 is 5.97 Å². The molecule has 0 radical (unpaired) electrons. The molecule has 0 amide bonds. The van der Waals surface area contributed by atoms with E-state index in [0.29, 0.717) is 11.7 Å². The summed E-state index contributed by atoms with van der Waals surface area (Å²) in [5.41, 5.74) is 10.5. The lowest BCUT2D eigenvalue weighted by Gasteiger charge is -2.26. The van der Waals surface area contributed by atoms with Crippen LogP contribution in [0.4, 0.5) is 17.1 Å². The fraction of sp³-hybridized carbons (Fsp3) is 0.235. The number of nitrogens with two attached hydrogens (primary N) is 1. The Hall–Kier alpha value is -2.49. The molecule has 0 aromatic heterocycles. The number of aromatic carboxylic acids is 1. The number of para-hydroxylation sites is 1. The summed E-state index contributed by atoms with van der Waals surface area (Å²) in [6, 6.07) is 12.2. The predicted molar refractivity (Wildman–Crippen MR) is 84.3 cm³/mol. The first kappa shape index (κ1) is 13.5. The molecule has 1 aliphatic heterocycles. The largest absolute Gasteiger partial charge is 0.478 e. The fourth-order valence-corrected chi connectivity index (χ4v) is 3.05. The lowest BCUT2D eigenvalue weighted by molar-refractivity contribution is 0.0698. The van der Waals surface area contributed by atoms with E-state index in [-0.39, 0.29) is 5.56 Å². The minimum atomic E-state index is -0.988. The molecule has 0 saturated heterocycles. The molecule has 0 saturated carbocycles. The minimum absolute atomic E-state index is 0.168. The molecule has 0 fully saturated rings. The highest BCUT2D eigenvalue weighted by Crippen LogP contribution is 2.39. The Morgan fingerprint density at radius 3 is 2.76 bits per heavy atom. The van der Waals surface area contributed by atoms with Crippen molar-refractivity contribution in [2.75, 3.05) is 10.6 Å². The third-order valence-electron chi connectivity index (χ3n) is 4.09. The van der Waals surface area contributed by atoms with Crippen molar-refractivity contribution < 1.29 is 9.90 Å². The van der Waals surface area contributed by atoms with E-state index in [9.17, 15) is 9.90 Å². The molecule has 0 bridgehead atoms. The van der Waals surface area contributed by atoms with Crippen LogP contribution in [0.3, 0.4) is 0 Å². The van der Waals surface area contributed by atoms with Gasteiger partial charge < -0.3 is 15.7 Å². The number of nitrogens with zero attached hydrogens (tertiary/aromatic N) is 1. The van der Waals surface area contributed by atoms with Crippen LogP contribution >= 0.6 is 0 Å². The Balaban J connectivity index is 2.15. The number of fused-ring (bicyclic) bond motifs is 1. The molecule has 0 aliphatic carbocycles. The van der Waals surface area contributed by atoms with Gasteiger partial charge in [-0.3, -0.25) is 0 Å². The van der Waals surface area contributed by atoms with Gasteiger partial charge in [0.15, 0.2) is 0 Å². The van der Waals surface area contributed by atoms with Crippen molar-refractivity contribution in [3.8, 4) is 0 Å². The van der Waals surface area contributed by atoms with Crippen LogP contribution in [0.15, 0.2) is 36.4 Å². The molecule has 21 heavy (non-hydrogen) atoms. The molecule has 1 aliphatic rings. The monoisotopic (exact) mass is 282 g/mol. The van der Waals surface area contributed by atoms with Crippen LogP contribution in [0.25, 0.3) is 0 Å². The summed E-state index contributed by atoms with van der Waals surface area (Å²) in [4.78, 5) is 13.6. The van der Waals surface area contributed by atoms with Gasteiger partial charge in [-0.05, 0) is 49.6 Å². The second-order valence-electron chi connectivity index (χ2n) is 5.58. The van der Waals surface area contributed by atoms with Crippen LogP contribution in [0.1, 0.15) is 28.4 Å². The first-order chi connectivity index (χ1) is 9.99. The van der Waals surface area contributed by atoms with E-state index in [1.54, 1.807) is 6.07 Å². The number of aryl methyl sites for hydroxylation is 1. The molecule has 2 aromatic rings. The number of anilines is 3. The number of hydrogen-bond donors (Lipinski definition) is 2. The Morgan fingerprint density at radius 2 is 2.05 bits per heavy atom. The molecule has 1 unspecified atom stereocenters. The summed E-state index contributed by atoms with van der Waals surface area (Å²) in [6.07, 6.45) is 0.960. The van der Waals surface area contributed by atoms with Crippen molar-refractivity contribution in [3.63, 3.8) is 0 Å². The molecular formula is C17H18N2O2. The zero-order valence-electron chi connectivity index (χ0n) is 12.1. The quantitative estimate of drug-likeness (QED) is 0.829. The summed E-state index contributed by atoms with van der Waals surface area (Å²) in [5.74, 6) is -0.988. The lowest BCUT2D eigenvalue weighted by atomic mass is 10.1. The molecule has 3 rings (SSSR count).